The van der Waals surface area contributed by atoms with Crippen LogP contribution in [0.15, 0.2) is 78.1 Å². The zero-order valence-corrected chi connectivity index (χ0v) is 17.8. The molecular weight excluding hydrogens is 394 g/mol. The molecule has 1 aliphatic heterocycles. The molecule has 31 heavy (non-hydrogen) atoms. The van der Waals surface area contributed by atoms with Crippen molar-refractivity contribution in [2.24, 2.45) is 0 Å². The summed E-state index contributed by atoms with van der Waals surface area (Å²) in [7, 11) is 0. The Kier molecular flexibility index (Phi) is 7.03. The number of amides is 1. The summed E-state index contributed by atoms with van der Waals surface area (Å²) in [4.78, 5) is 40.1. The minimum Gasteiger partial charge on any atom is -0.463 e. The second-order valence-electron chi connectivity index (χ2n) is 7.03. The molecule has 2 aromatic rings. The zero-order chi connectivity index (χ0) is 22.4. The number of rotatable bonds is 6. The van der Waals surface area contributed by atoms with Crippen molar-refractivity contribution >= 4 is 17.8 Å². The molecule has 1 aliphatic rings. The van der Waals surface area contributed by atoms with Gasteiger partial charge in [-0.15, -0.1) is 0 Å². The Hall–Kier alpha value is -3.67. The third-order valence-corrected chi connectivity index (χ3v) is 4.87. The molecule has 3 rings (SSSR count). The molecule has 0 aromatic heterocycles. The van der Waals surface area contributed by atoms with Gasteiger partial charge in [0.05, 0.1) is 30.3 Å². The van der Waals surface area contributed by atoms with Crippen molar-refractivity contribution in [3.05, 3.63) is 94.8 Å². The van der Waals surface area contributed by atoms with Crippen molar-refractivity contribution in [2.45, 2.75) is 26.7 Å². The van der Waals surface area contributed by atoms with Gasteiger partial charge in [-0.1, -0.05) is 48.0 Å². The molecule has 0 radical (unpaired) electrons. The largest absolute Gasteiger partial charge is 0.463 e. The summed E-state index contributed by atoms with van der Waals surface area (Å²) >= 11 is 0. The third-order valence-electron chi connectivity index (χ3n) is 4.87. The summed E-state index contributed by atoms with van der Waals surface area (Å²) in [5, 5.41) is 0. The second-order valence-corrected chi connectivity index (χ2v) is 7.03. The van der Waals surface area contributed by atoms with Crippen LogP contribution in [0.4, 0.5) is 0 Å². The van der Waals surface area contributed by atoms with Crippen LogP contribution in [0, 0.1) is 6.92 Å². The van der Waals surface area contributed by atoms with Gasteiger partial charge in [-0.3, -0.25) is 9.69 Å². The van der Waals surface area contributed by atoms with E-state index in [2.05, 4.69) is 0 Å². The van der Waals surface area contributed by atoms with E-state index < -0.39 is 17.9 Å². The van der Waals surface area contributed by atoms with E-state index >= 15 is 0 Å². The monoisotopic (exact) mass is 419 g/mol. The van der Waals surface area contributed by atoms with Gasteiger partial charge in [-0.25, -0.2) is 9.59 Å². The second kappa shape index (κ2) is 9.89. The first-order valence-corrected chi connectivity index (χ1v) is 10.2. The lowest BCUT2D eigenvalue weighted by Crippen LogP contribution is -2.32. The smallest absolute Gasteiger partial charge is 0.336 e. The number of esters is 2. The molecule has 160 valence electrons. The molecule has 0 N–H and O–H groups in total. The van der Waals surface area contributed by atoms with E-state index in [1.165, 1.54) is 17.3 Å². The highest BCUT2D eigenvalue weighted by molar-refractivity contribution is 6.02. The van der Waals surface area contributed by atoms with Gasteiger partial charge < -0.3 is 9.47 Å². The maximum atomic E-state index is 13.1. The van der Waals surface area contributed by atoms with E-state index in [-0.39, 0.29) is 30.3 Å². The van der Waals surface area contributed by atoms with Crippen LogP contribution >= 0.6 is 0 Å². The number of hydrogen-bond acceptors (Lipinski definition) is 5. The predicted molar refractivity (Wildman–Crippen MR) is 116 cm³/mol. The molecule has 6 nitrogen and oxygen atoms in total. The fraction of sp³-hybridized carbons (Fsp3) is 0.240. The van der Waals surface area contributed by atoms with Crippen LogP contribution in [0.5, 0.6) is 0 Å². The van der Waals surface area contributed by atoms with Crippen molar-refractivity contribution in [2.75, 3.05) is 13.2 Å². The lowest BCUT2D eigenvalue weighted by Gasteiger charge is -2.29. The molecule has 6 heteroatoms. The number of aryl methyl sites for hydroxylation is 1. The number of nitrogens with zero attached hydrogens (tertiary/aromatic N) is 1. The molecule has 0 bridgehead atoms. The van der Waals surface area contributed by atoms with Crippen LogP contribution in [0.3, 0.4) is 0 Å². The Morgan fingerprint density at radius 3 is 1.81 bits per heavy atom. The molecule has 0 spiro atoms. The van der Waals surface area contributed by atoms with E-state index in [9.17, 15) is 14.4 Å². The summed E-state index contributed by atoms with van der Waals surface area (Å²) in [5.74, 6) is -2.26. The van der Waals surface area contributed by atoms with Gasteiger partial charge in [0.1, 0.15) is 0 Å². The van der Waals surface area contributed by atoms with Crippen molar-refractivity contribution in [1.29, 1.82) is 0 Å². The molecule has 0 atom stereocenters. The van der Waals surface area contributed by atoms with Crippen LogP contribution in [-0.4, -0.2) is 36.0 Å². The minimum absolute atomic E-state index is 0.169. The summed E-state index contributed by atoms with van der Waals surface area (Å²) in [5.41, 5.74) is 2.59. The van der Waals surface area contributed by atoms with Crippen molar-refractivity contribution < 1.29 is 23.9 Å². The quantitative estimate of drug-likeness (QED) is 0.659. The van der Waals surface area contributed by atoms with Gasteiger partial charge >= 0.3 is 11.9 Å². The Morgan fingerprint density at radius 1 is 0.806 bits per heavy atom. The molecule has 0 saturated carbocycles. The maximum absolute atomic E-state index is 13.1. The van der Waals surface area contributed by atoms with E-state index in [1.54, 1.807) is 44.2 Å². The molecule has 0 fully saturated rings. The van der Waals surface area contributed by atoms with E-state index in [0.29, 0.717) is 5.56 Å². The number of ether oxygens (including phenoxy) is 2. The lowest BCUT2D eigenvalue weighted by molar-refractivity contribution is -0.139. The minimum atomic E-state index is -0.710. The van der Waals surface area contributed by atoms with Gasteiger partial charge in [-0.2, -0.15) is 0 Å². The van der Waals surface area contributed by atoms with E-state index in [1.807, 2.05) is 31.2 Å². The molecule has 0 unspecified atom stereocenters. The number of carbonyl (C=O) groups excluding carboxylic acids is 3. The van der Waals surface area contributed by atoms with Gasteiger partial charge in [0.25, 0.3) is 5.91 Å². The normalized spacial score (nSPS) is 13.8. The number of benzene rings is 2. The summed E-state index contributed by atoms with van der Waals surface area (Å²) < 4.78 is 10.5. The van der Waals surface area contributed by atoms with Gasteiger partial charge in [0.2, 0.25) is 0 Å². The fourth-order valence-corrected chi connectivity index (χ4v) is 3.39. The summed E-state index contributed by atoms with van der Waals surface area (Å²) in [6, 6.07) is 16.2. The highest BCUT2D eigenvalue weighted by atomic mass is 16.5. The summed E-state index contributed by atoms with van der Waals surface area (Å²) in [6.07, 6.45) is 2.89. The highest BCUT2D eigenvalue weighted by Gasteiger charge is 2.36. The van der Waals surface area contributed by atoms with E-state index in [4.69, 9.17) is 9.47 Å². The van der Waals surface area contributed by atoms with Crippen molar-refractivity contribution in [3.8, 4) is 0 Å². The van der Waals surface area contributed by atoms with Gasteiger partial charge in [-0.05, 0) is 38.5 Å². The zero-order valence-electron chi connectivity index (χ0n) is 17.8. The van der Waals surface area contributed by atoms with E-state index in [0.717, 1.165) is 11.1 Å². The maximum Gasteiger partial charge on any atom is 0.336 e. The molecule has 1 amide bonds. The molecule has 0 aliphatic carbocycles. The van der Waals surface area contributed by atoms with Crippen LogP contribution in [0.2, 0.25) is 0 Å². The fourth-order valence-electron chi connectivity index (χ4n) is 3.39. The summed E-state index contributed by atoms with van der Waals surface area (Å²) in [6.45, 7) is 5.70. The van der Waals surface area contributed by atoms with Crippen LogP contribution in [0.1, 0.15) is 41.3 Å². The van der Waals surface area contributed by atoms with Crippen LogP contribution in [-0.2, 0) is 19.1 Å². The Morgan fingerprint density at radius 2 is 1.32 bits per heavy atom. The Balaban J connectivity index is 2.14. The van der Waals surface area contributed by atoms with Gasteiger partial charge in [0.15, 0.2) is 0 Å². The van der Waals surface area contributed by atoms with Crippen molar-refractivity contribution in [1.82, 2.24) is 4.90 Å². The topological polar surface area (TPSA) is 72.9 Å². The molecular formula is C25H25NO5. The highest BCUT2D eigenvalue weighted by Crippen LogP contribution is 2.37. The first kappa shape index (κ1) is 22.0. The SMILES string of the molecule is CCOC(=O)C1=CN(C(=O)c2ccccc2)C=C(C(=O)OCC)C1c1ccc(C)cc1. The van der Waals surface area contributed by atoms with Crippen LogP contribution < -0.4 is 0 Å². The lowest BCUT2D eigenvalue weighted by atomic mass is 9.83. The molecule has 2 aromatic carbocycles. The predicted octanol–water partition coefficient (Wildman–Crippen LogP) is 4.13. The van der Waals surface area contributed by atoms with Crippen LogP contribution in [0.25, 0.3) is 0 Å². The standard InChI is InChI=1S/C25H25NO5/c1-4-30-24(28)20-15-26(23(27)19-9-7-6-8-10-19)16-21(25(29)31-5-2)22(20)18-13-11-17(3)12-14-18/h6-16,22H,4-5H2,1-3H3. The number of carbonyl (C=O) groups is 3. The average molecular weight is 419 g/mol. The van der Waals surface area contributed by atoms with Gasteiger partial charge in [0, 0.05) is 18.0 Å². The van der Waals surface area contributed by atoms with Crippen molar-refractivity contribution in [3.63, 3.8) is 0 Å². The Labute approximate surface area is 181 Å². The third kappa shape index (κ3) is 4.91. The first-order chi connectivity index (χ1) is 15.0. The molecule has 1 heterocycles. The number of hydrogen-bond donors (Lipinski definition) is 0. The molecule has 0 saturated heterocycles. The first-order valence-electron chi connectivity index (χ1n) is 10.2. The average Bonchev–Trinajstić information content (AvgIpc) is 2.79. The Bertz CT molecular complexity index is 986.